The van der Waals surface area contributed by atoms with Crippen molar-refractivity contribution >= 4 is 10.9 Å². The number of benzene rings is 1. The van der Waals surface area contributed by atoms with Crippen molar-refractivity contribution in [3.8, 4) is 0 Å². The summed E-state index contributed by atoms with van der Waals surface area (Å²) in [4.78, 5) is 7.31. The van der Waals surface area contributed by atoms with Crippen LogP contribution in [0, 0.1) is 0 Å². The van der Waals surface area contributed by atoms with Gasteiger partial charge >= 0.3 is 0 Å². The highest BCUT2D eigenvalue weighted by molar-refractivity contribution is 5.83. The van der Waals surface area contributed by atoms with E-state index >= 15 is 0 Å². The van der Waals surface area contributed by atoms with Crippen LogP contribution < -0.4 is 5.32 Å². The molecule has 0 aliphatic rings. The maximum Gasteiger partial charge on any atom is 0.137 e. The van der Waals surface area contributed by atoms with E-state index in [1.807, 2.05) is 4.68 Å². The molecular formula is C15H19N5. The fraction of sp³-hybridized carbons (Fsp3) is 0.333. The Kier molecular flexibility index (Phi) is 3.78. The first-order chi connectivity index (χ1) is 9.86. The van der Waals surface area contributed by atoms with E-state index in [9.17, 15) is 0 Å². The summed E-state index contributed by atoms with van der Waals surface area (Å²) in [5.74, 6) is 0. The van der Waals surface area contributed by atoms with Crippen LogP contribution in [0.2, 0.25) is 0 Å². The van der Waals surface area contributed by atoms with Gasteiger partial charge in [0.25, 0.3) is 0 Å². The molecule has 0 saturated heterocycles. The lowest BCUT2D eigenvalue weighted by Crippen LogP contribution is -2.15. The summed E-state index contributed by atoms with van der Waals surface area (Å²) in [6.07, 6.45) is 6.46. The third-order valence-corrected chi connectivity index (χ3v) is 3.46. The quantitative estimate of drug-likeness (QED) is 0.673. The van der Waals surface area contributed by atoms with E-state index in [0.717, 1.165) is 26.1 Å². The average molecular weight is 269 g/mol. The zero-order valence-corrected chi connectivity index (χ0v) is 11.6. The van der Waals surface area contributed by atoms with Crippen molar-refractivity contribution in [3.05, 3.63) is 48.2 Å². The molecule has 5 heteroatoms. The number of nitrogens with one attached hydrogen (secondary N) is 2. The molecule has 0 unspecified atom stereocenters. The zero-order valence-electron chi connectivity index (χ0n) is 11.6. The molecule has 0 bridgehead atoms. The topological polar surface area (TPSA) is 58.5 Å². The van der Waals surface area contributed by atoms with Crippen LogP contribution in [-0.4, -0.2) is 32.8 Å². The van der Waals surface area contributed by atoms with Gasteiger partial charge in [0.05, 0.1) is 6.54 Å². The Morgan fingerprint density at radius 3 is 3.10 bits per heavy atom. The number of nitrogens with zero attached hydrogens (tertiary/aromatic N) is 3. The second kappa shape index (κ2) is 5.88. The molecule has 0 saturated carbocycles. The minimum absolute atomic E-state index is 0.758. The summed E-state index contributed by atoms with van der Waals surface area (Å²) in [5.41, 5.74) is 3.80. The molecule has 5 nitrogen and oxygen atoms in total. The number of hydrogen-bond donors (Lipinski definition) is 2. The highest BCUT2D eigenvalue weighted by Gasteiger charge is 2.05. The lowest BCUT2D eigenvalue weighted by Gasteiger charge is -2.04. The lowest BCUT2D eigenvalue weighted by molar-refractivity contribution is 0.685. The van der Waals surface area contributed by atoms with E-state index in [1.54, 1.807) is 12.7 Å². The summed E-state index contributed by atoms with van der Waals surface area (Å²) in [5, 5.41) is 8.82. The van der Waals surface area contributed by atoms with E-state index in [0.29, 0.717) is 0 Å². The van der Waals surface area contributed by atoms with Gasteiger partial charge < -0.3 is 10.3 Å². The maximum atomic E-state index is 4.15. The largest absolute Gasteiger partial charge is 0.361 e. The van der Waals surface area contributed by atoms with E-state index in [4.69, 9.17) is 0 Å². The van der Waals surface area contributed by atoms with Gasteiger partial charge in [-0.25, -0.2) is 9.67 Å². The number of aromatic nitrogens is 4. The molecule has 0 fully saturated rings. The van der Waals surface area contributed by atoms with Crippen molar-refractivity contribution in [2.75, 3.05) is 13.1 Å². The Hall–Kier alpha value is -2.14. The molecule has 20 heavy (non-hydrogen) atoms. The van der Waals surface area contributed by atoms with E-state index in [1.165, 1.54) is 22.0 Å². The first kappa shape index (κ1) is 12.9. The summed E-state index contributed by atoms with van der Waals surface area (Å²) in [7, 11) is 0. The molecule has 1 aromatic carbocycles. The Bertz CT molecular complexity index is 669. The first-order valence-electron chi connectivity index (χ1n) is 6.99. The van der Waals surface area contributed by atoms with Gasteiger partial charge in [-0.2, -0.15) is 5.10 Å². The highest BCUT2D eigenvalue weighted by Crippen LogP contribution is 2.20. The number of H-pyrrole nitrogens is 1. The summed E-state index contributed by atoms with van der Waals surface area (Å²) in [6.45, 7) is 4.91. The SMILES string of the molecule is CCNCCc1c[nH]c2ccc(Cn3cncn3)cc12. The Balaban J connectivity index is 1.83. The van der Waals surface area contributed by atoms with Crippen LogP contribution in [0.3, 0.4) is 0 Å². The average Bonchev–Trinajstić information content (AvgIpc) is 3.09. The minimum atomic E-state index is 0.758. The van der Waals surface area contributed by atoms with Crippen molar-refractivity contribution in [2.24, 2.45) is 0 Å². The van der Waals surface area contributed by atoms with E-state index in [-0.39, 0.29) is 0 Å². The predicted molar refractivity (Wildman–Crippen MR) is 79.7 cm³/mol. The number of aromatic amines is 1. The summed E-state index contributed by atoms with van der Waals surface area (Å²) >= 11 is 0. The van der Waals surface area contributed by atoms with Crippen molar-refractivity contribution in [3.63, 3.8) is 0 Å². The monoisotopic (exact) mass is 269 g/mol. The van der Waals surface area contributed by atoms with Gasteiger partial charge in [-0.05, 0) is 42.8 Å². The lowest BCUT2D eigenvalue weighted by atomic mass is 10.1. The maximum absolute atomic E-state index is 4.15. The van der Waals surface area contributed by atoms with Gasteiger partial charge in [-0.3, -0.25) is 0 Å². The smallest absolute Gasteiger partial charge is 0.137 e. The number of fused-ring (bicyclic) bond motifs is 1. The van der Waals surface area contributed by atoms with Crippen LogP contribution >= 0.6 is 0 Å². The fourth-order valence-corrected chi connectivity index (χ4v) is 2.43. The molecule has 3 rings (SSSR count). The molecule has 0 radical (unpaired) electrons. The molecule has 0 amide bonds. The summed E-state index contributed by atoms with van der Waals surface area (Å²) in [6, 6.07) is 6.52. The van der Waals surface area contributed by atoms with Crippen molar-refractivity contribution < 1.29 is 0 Å². The fourth-order valence-electron chi connectivity index (χ4n) is 2.43. The van der Waals surface area contributed by atoms with Gasteiger partial charge in [0, 0.05) is 17.1 Å². The summed E-state index contributed by atoms with van der Waals surface area (Å²) < 4.78 is 1.84. The van der Waals surface area contributed by atoms with Crippen molar-refractivity contribution in [1.29, 1.82) is 0 Å². The Morgan fingerprint density at radius 2 is 2.30 bits per heavy atom. The molecule has 3 aromatic rings. The van der Waals surface area contributed by atoms with Crippen LogP contribution in [0.4, 0.5) is 0 Å². The molecule has 2 N–H and O–H groups in total. The molecule has 0 spiro atoms. The van der Waals surface area contributed by atoms with Gasteiger partial charge in [-0.15, -0.1) is 0 Å². The third kappa shape index (κ3) is 2.72. The van der Waals surface area contributed by atoms with Crippen LogP contribution in [0.1, 0.15) is 18.1 Å². The van der Waals surface area contributed by atoms with E-state index in [2.05, 4.69) is 51.7 Å². The second-order valence-corrected chi connectivity index (χ2v) is 4.89. The van der Waals surface area contributed by atoms with Gasteiger partial charge in [0.1, 0.15) is 12.7 Å². The Morgan fingerprint density at radius 1 is 1.35 bits per heavy atom. The minimum Gasteiger partial charge on any atom is -0.361 e. The van der Waals surface area contributed by atoms with Gasteiger partial charge in [-0.1, -0.05) is 13.0 Å². The molecule has 2 heterocycles. The molecular weight excluding hydrogens is 250 g/mol. The zero-order chi connectivity index (χ0) is 13.8. The predicted octanol–water partition coefficient (Wildman–Crippen LogP) is 1.96. The molecule has 2 aromatic heterocycles. The van der Waals surface area contributed by atoms with E-state index < -0.39 is 0 Å². The normalized spacial score (nSPS) is 11.2. The van der Waals surface area contributed by atoms with Gasteiger partial charge in [0.15, 0.2) is 0 Å². The van der Waals surface area contributed by atoms with Crippen molar-refractivity contribution in [2.45, 2.75) is 19.9 Å². The van der Waals surface area contributed by atoms with Crippen molar-refractivity contribution in [1.82, 2.24) is 25.1 Å². The number of rotatable bonds is 6. The molecule has 0 atom stereocenters. The molecule has 0 aliphatic heterocycles. The van der Waals surface area contributed by atoms with Crippen LogP contribution in [-0.2, 0) is 13.0 Å². The molecule has 0 aliphatic carbocycles. The second-order valence-electron chi connectivity index (χ2n) is 4.89. The first-order valence-corrected chi connectivity index (χ1v) is 6.99. The van der Waals surface area contributed by atoms with Crippen LogP contribution in [0.15, 0.2) is 37.1 Å². The van der Waals surface area contributed by atoms with Crippen LogP contribution in [0.25, 0.3) is 10.9 Å². The van der Waals surface area contributed by atoms with Crippen LogP contribution in [0.5, 0.6) is 0 Å². The van der Waals surface area contributed by atoms with Gasteiger partial charge in [0.2, 0.25) is 0 Å². The number of likely N-dealkylation sites (N-methyl/N-ethyl adjacent to an activating group) is 1. The highest BCUT2D eigenvalue weighted by atomic mass is 15.3. The molecule has 104 valence electrons. The Labute approximate surface area is 118 Å². The third-order valence-electron chi connectivity index (χ3n) is 3.46. The standard InChI is InChI=1S/C15H19N5/c1-2-16-6-5-13-8-18-15-4-3-12(7-14(13)15)9-20-11-17-10-19-20/h3-4,7-8,10-11,16,18H,2,5-6,9H2,1H3. The number of hydrogen-bond acceptors (Lipinski definition) is 3.